The molecule has 0 saturated carbocycles. The van der Waals surface area contributed by atoms with Crippen molar-refractivity contribution in [2.45, 2.75) is 41.5 Å². The molecule has 12 heavy (non-hydrogen) atoms. The van der Waals surface area contributed by atoms with Gasteiger partial charge in [-0.25, -0.2) is 0 Å². The number of hydrogen-bond acceptors (Lipinski definition) is 1. The monoisotopic (exact) mass is 167 g/mol. The molecule has 0 aromatic carbocycles. The van der Waals surface area contributed by atoms with Gasteiger partial charge in [0.15, 0.2) is 0 Å². The summed E-state index contributed by atoms with van der Waals surface area (Å²) < 4.78 is 0. The highest BCUT2D eigenvalue weighted by Crippen LogP contribution is 1.98. The maximum absolute atomic E-state index is 4.08. The van der Waals surface area contributed by atoms with Crippen LogP contribution in [0.2, 0.25) is 0 Å². The molecule has 1 aromatic rings. The Morgan fingerprint density at radius 2 is 1.50 bits per heavy atom. The van der Waals surface area contributed by atoms with E-state index in [2.05, 4.69) is 18.0 Å². The summed E-state index contributed by atoms with van der Waals surface area (Å²) in [5.41, 5.74) is 2.38. The second kappa shape index (κ2) is 10.2. The third-order valence-electron chi connectivity index (χ3n) is 1.27. The molecule has 0 aliphatic heterocycles. The van der Waals surface area contributed by atoms with Crippen LogP contribution in [0.15, 0.2) is 18.3 Å². The van der Waals surface area contributed by atoms with Crippen molar-refractivity contribution in [3.63, 3.8) is 0 Å². The van der Waals surface area contributed by atoms with E-state index < -0.39 is 0 Å². The minimum absolute atomic E-state index is 1.12. The number of hydrogen-bond donors (Lipinski definition) is 0. The van der Waals surface area contributed by atoms with E-state index in [1.54, 1.807) is 0 Å². The fourth-order valence-corrected chi connectivity index (χ4v) is 0.565. The van der Waals surface area contributed by atoms with Gasteiger partial charge >= 0.3 is 0 Å². The van der Waals surface area contributed by atoms with Crippen LogP contribution >= 0.6 is 0 Å². The van der Waals surface area contributed by atoms with Crippen molar-refractivity contribution in [1.82, 2.24) is 4.98 Å². The van der Waals surface area contributed by atoms with Gasteiger partial charge in [-0.05, 0) is 25.5 Å². The lowest BCUT2D eigenvalue weighted by molar-refractivity contribution is 1.15. The molecule has 1 heterocycles. The Hall–Kier alpha value is -0.850. The van der Waals surface area contributed by atoms with Crippen LogP contribution in [0.25, 0.3) is 0 Å². The Kier molecular flexibility index (Phi) is 11.6. The summed E-state index contributed by atoms with van der Waals surface area (Å²) >= 11 is 0. The van der Waals surface area contributed by atoms with Gasteiger partial charge in [-0.1, -0.05) is 33.8 Å². The zero-order valence-corrected chi connectivity index (χ0v) is 9.18. The Morgan fingerprint density at radius 1 is 1.00 bits per heavy atom. The van der Waals surface area contributed by atoms with Crippen LogP contribution in [-0.4, -0.2) is 4.98 Å². The highest BCUT2D eigenvalue weighted by Gasteiger charge is 1.85. The van der Waals surface area contributed by atoms with Gasteiger partial charge in [0.25, 0.3) is 0 Å². The van der Waals surface area contributed by atoms with Crippen molar-refractivity contribution >= 4 is 0 Å². The second-order valence-corrected chi connectivity index (χ2v) is 1.91. The Labute approximate surface area is 76.9 Å². The van der Waals surface area contributed by atoms with Crippen molar-refractivity contribution in [2.75, 3.05) is 0 Å². The molecule has 0 aliphatic carbocycles. The van der Waals surface area contributed by atoms with Gasteiger partial charge in [-0.15, -0.1) is 0 Å². The Morgan fingerprint density at radius 3 is 1.75 bits per heavy atom. The summed E-state index contributed by atoms with van der Waals surface area (Å²) in [6.45, 7) is 12.1. The minimum atomic E-state index is 1.12. The number of nitrogens with zero attached hydrogens (tertiary/aromatic N) is 1. The first kappa shape index (κ1) is 13.7. The van der Waals surface area contributed by atoms with Gasteiger partial charge in [0.1, 0.15) is 0 Å². The van der Waals surface area contributed by atoms with Crippen LogP contribution < -0.4 is 0 Å². The molecule has 0 N–H and O–H groups in total. The normalized spacial score (nSPS) is 7.17. The molecule has 70 valence electrons. The smallest absolute Gasteiger partial charge is 0.0401 e. The van der Waals surface area contributed by atoms with Crippen molar-refractivity contribution in [1.29, 1.82) is 0 Å². The first-order chi connectivity index (χ1) is 5.80. The van der Waals surface area contributed by atoms with Gasteiger partial charge in [-0.3, -0.25) is 4.98 Å². The topological polar surface area (TPSA) is 12.9 Å². The first-order valence-electron chi connectivity index (χ1n) is 4.69. The summed E-state index contributed by atoms with van der Waals surface area (Å²) in [6, 6.07) is 4.00. The average Bonchev–Trinajstić information content (AvgIpc) is 2.17. The van der Waals surface area contributed by atoms with E-state index in [-0.39, 0.29) is 0 Å². The molecule has 1 nitrogen and oxygen atoms in total. The van der Waals surface area contributed by atoms with Gasteiger partial charge in [0.2, 0.25) is 0 Å². The summed E-state index contributed by atoms with van der Waals surface area (Å²) in [4.78, 5) is 4.08. The Bertz CT molecular complexity index is 161. The van der Waals surface area contributed by atoms with Crippen molar-refractivity contribution in [2.24, 2.45) is 0 Å². The largest absolute Gasteiger partial charge is 0.261 e. The average molecular weight is 167 g/mol. The minimum Gasteiger partial charge on any atom is -0.261 e. The highest BCUT2D eigenvalue weighted by atomic mass is 14.6. The van der Waals surface area contributed by atoms with Crippen LogP contribution in [0.1, 0.15) is 39.0 Å². The predicted octanol–water partition coefficient (Wildman–Crippen LogP) is 3.75. The van der Waals surface area contributed by atoms with Crippen LogP contribution in [-0.2, 0) is 0 Å². The number of rotatable bonds is 0. The molecule has 0 bridgehead atoms. The molecule has 0 fully saturated rings. The zero-order chi connectivity index (χ0) is 9.98. The van der Waals surface area contributed by atoms with Crippen molar-refractivity contribution in [3.8, 4) is 0 Å². The van der Waals surface area contributed by atoms with Gasteiger partial charge in [0, 0.05) is 11.9 Å². The summed E-state index contributed by atoms with van der Waals surface area (Å²) in [6.07, 6.45) is 1.81. The SMILES string of the molecule is CC.CC.Cc1cccnc1C. The number of aryl methyl sites for hydroxylation is 2. The fraction of sp³-hybridized carbons (Fsp3) is 0.545. The molecular weight excluding hydrogens is 146 g/mol. The molecule has 1 aromatic heterocycles. The van der Waals surface area contributed by atoms with Crippen molar-refractivity contribution < 1.29 is 0 Å². The van der Waals surface area contributed by atoms with Gasteiger partial charge in [-0.2, -0.15) is 0 Å². The van der Waals surface area contributed by atoms with Crippen LogP contribution in [0.3, 0.4) is 0 Å². The molecule has 1 heteroatoms. The molecule has 0 atom stereocenters. The molecule has 0 amide bonds. The van der Waals surface area contributed by atoms with Crippen LogP contribution in [0, 0.1) is 13.8 Å². The predicted molar refractivity (Wildman–Crippen MR) is 56.4 cm³/mol. The van der Waals surface area contributed by atoms with E-state index in [0.717, 1.165) is 5.69 Å². The zero-order valence-electron chi connectivity index (χ0n) is 9.18. The lowest BCUT2D eigenvalue weighted by Crippen LogP contribution is -1.81. The van der Waals surface area contributed by atoms with E-state index in [9.17, 15) is 0 Å². The van der Waals surface area contributed by atoms with Crippen molar-refractivity contribution in [3.05, 3.63) is 29.6 Å². The fourth-order valence-electron chi connectivity index (χ4n) is 0.565. The van der Waals surface area contributed by atoms with Crippen LogP contribution in [0.5, 0.6) is 0 Å². The number of aromatic nitrogens is 1. The maximum atomic E-state index is 4.08. The number of pyridine rings is 1. The molecule has 0 spiro atoms. The van der Waals surface area contributed by atoms with E-state index in [4.69, 9.17) is 0 Å². The van der Waals surface area contributed by atoms with E-state index in [0.29, 0.717) is 0 Å². The molecule has 0 radical (unpaired) electrons. The lowest BCUT2D eigenvalue weighted by atomic mass is 10.2. The third-order valence-corrected chi connectivity index (χ3v) is 1.27. The van der Waals surface area contributed by atoms with E-state index in [1.807, 2.05) is 46.9 Å². The van der Waals surface area contributed by atoms with E-state index >= 15 is 0 Å². The Balaban J connectivity index is 0. The maximum Gasteiger partial charge on any atom is 0.0401 e. The third kappa shape index (κ3) is 5.90. The quantitative estimate of drug-likeness (QED) is 0.573. The summed E-state index contributed by atoms with van der Waals surface area (Å²) in [7, 11) is 0. The highest BCUT2D eigenvalue weighted by molar-refractivity contribution is 5.15. The van der Waals surface area contributed by atoms with E-state index in [1.165, 1.54) is 5.56 Å². The second-order valence-electron chi connectivity index (χ2n) is 1.91. The van der Waals surface area contributed by atoms with Gasteiger partial charge in [0.05, 0.1) is 0 Å². The molecule has 0 aliphatic rings. The standard InChI is InChI=1S/C7H9N.2C2H6/c1-6-4-3-5-8-7(6)2;2*1-2/h3-5H,1-2H3;2*1-2H3. The first-order valence-corrected chi connectivity index (χ1v) is 4.69. The van der Waals surface area contributed by atoms with Gasteiger partial charge < -0.3 is 0 Å². The molecule has 1 rings (SSSR count). The molecule has 0 unspecified atom stereocenters. The van der Waals surface area contributed by atoms with Crippen LogP contribution in [0.4, 0.5) is 0 Å². The lowest BCUT2D eigenvalue weighted by Gasteiger charge is -1.92. The summed E-state index contributed by atoms with van der Waals surface area (Å²) in [5, 5.41) is 0. The molecular formula is C11H21N. The molecule has 0 saturated heterocycles. The summed E-state index contributed by atoms with van der Waals surface area (Å²) in [5.74, 6) is 0.